The van der Waals surface area contributed by atoms with Crippen molar-refractivity contribution in [2.24, 2.45) is 35.5 Å². The maximum atomic E-state index is 12.5. The Hall–Kier alpha value is -0.510. The van der Waals surface area contributed by atoms with E-state index < -0.39 is 358 Å². The van der Waals surface area contributed by atoms with Gasteiger partial charge in [-0.3, -0.25) is 45.5 Å². The molecule has 61 nitrogen and oxygen atoms in total. The highest BCUT2D eigenvalue weighted by Crippen LogP contribution is 2.44. The zero-order valence-corrected chi connectivity index (χ0v) is 70.4. The Balaban J connectivity index is 1.37. The molecule has 1 radical (unpaired) electrons. The van der Waals surface area contributed by atoms with E-state index in [1.54, 1.807) is 0 Å². The highest BCUT2D eigenvalue weighted by atomic mass is 32.3. The smallest absolute Gasteiger partial charge is 0.389 e. The van der Waals surface area contributed by atoms with Crippen molar-refractivity contribution in [3.63, 3.8) is 0 Å². The van der Waals surface area contributed by atoms with Crippen molar-refractivity contribution < 1.29 is 280 Å². The zero-order valence-electron chi connectivity index (χ0n) is 61.4. The van der Waals surface area contributed by atoms with Crippen LogP contribution in [0.2, 0.25) is 0 Å². The highest BCUT2D eigenvalue weighted by Gasteiger charge is 2.58. The number of aliphatic hydroxyl groups excluding tert-OH is 4. The molecular formula is C48H83O61S11. The van der Waals surface area contributed by atoms with E-state index in [9.17, 15) is 116 Å². The molecule has 7 rings (SSSR count). The predicted octanol–water partition coefficient (Wildman–Crippen LogP) is -5.35. The van der Waals surface area contributed by atoms with Crippen LogP contribution in [-0.2, 0) is 270 Å². The van der Waals surface area contributed by atoms with Gasteiger partial charge in [-0.25, -0.2) is 52.7 Å². The minimum absolute atomic E-state index is 0.228. The molecule has 0 saturated carbocycles. The first kappa shape index (κ1) is 107. The Labute approximate surface area is 701 Å². The summed E-state index contributed by atoms with van der Waals surface area (Å²) < 4.78 is 372. The summed E-state index contributed by atoms with van der Waals surface area (Å²) in [7, 11) is -11.3. The van der Waals surface area contributed by atoms with Crippen LogP contribution in [0.4, 0.5) is 0 Å². The van der Waals surface area contributed by atoms with Gasteiger partial charge in [-0.15, -0.1) is 39.0 Å². The second-order valence-electron chi connectivity index (χ2n) is 25.7. The van der Waals surface area contributed by atoms with Gasteiger partial charge in [-0.05, 0) is 65.0 Å². The molecule has 7 aliphatic rings. The average Bonchev–Trinajstić information content (AvgIpc) is 0.776. The molecule has 120 heavy (non-hydrogen) atoms. The van der Waals surface area contributed by atoms with E-state index in [0.717, 1.165) is 13.8 Å². The summed E-state index contributed by atoms with van der Waals surface area (Å²) in [6.45, 7) is 2.31. The normalized spacial score (nSPS) is 40.8. The lowest BCUT2D eigenvalue weighted by molar-refractivity contribution is -0.591. The minimum Gasteiger partial charge on any atom is -0.389 e. The third kappa shape index (κ3) is 32.8. The Bertz CT molecular complexity index is 3540. The largest absolute Gasteiger partial charge is 0.397 e. The van der Waals surface area contributed by atoms with Crippen molar-refractivity contribution >= 4 is 124 Å². The van der Waals surface area contributed by atoms with E-state index in [-0.39, 0.29) is 12.0 Å². The zero-order chi connectivity index (χ0) is 88.9. The Kier molecular flexibility index (Phi) is 45.1. The molecule has 0 spiro atoms. The molecule has 0 aliphatic carbocycles. The summed E-state index contributed by atoms with van der Waals surface area (Å²) in [5.74, 6) is -10.2. The van der Waals surface area contributed by atoms with E-state index in [4.69, 9.17) is 114 Å². The van der Waals surface area contributed by atoms with E-state index in [2.05, 4.69) is 48.9 Å². The molecule has 0 aromatic heterocycles. The summed E-state index contributed by atoms with van der Waals surface area (Å²) in [6, 6.07) is 0. The molecule has 0 bridgehead atoms. The van der Waals surface area contributed by atoms with Crippen molar-refractivity contribution in [3.05, 3.63) is 6.42 Å². The maximum absolute atomic E-state index is 12.5. The molecule has 0 aromatic rings. The van der Waals surface area contributed by atoms with E-state index in [1.807, 2.05) is 0 Å². The Morgan fingerprint density at radius 3 is 1.11 bits per heavy atom. The molecule has 7 heterocycles. The first-order chi connectivity index (χ1) is 56.4. The van der Waals surface area contributed by atoms with Crippen LogP contribution in [0, 0.1) is 41.9 Å². The topological polar surface area (TPSA) is 822 Å². The van der Waals surface area contributed by atoms with E-state index >= 15 is 0 Å². The summed E-state index contributed by atoms with van der Waals surface area (Å²) in [5.41, 5.74) is 0. The third-order valence-corrected chi connectivity index (χ3v) is 21.6. The van der Waals surface area contributed by atoms with Crippen LogP contribution in [0.3, 0.4) is 0 Å². The van der Waals surface area contributed by atoms with Gasteiger partial charge in [0.15, 0.2) is 74.6 Å². The third-order valence-electron chi connectivity index (χ3n) is 18.1. The summed E-state index contributed by atoms with van der Waals surface area (Å²) in [5, 5.41) is 59.7. The number of hydrogen-bond acceptors (Lipinski definition) is 52. The highest BCUT2D eigenvalue weighted by molar-refractivity contribution is 7.95. The fourth-order valence-electron chi connectivity index (χ4n) is 13.1. The van der Waals surface area contributed by atoms with Gasteiger partial charge >= 0.3 is 112 Å². The van der Waals surface area contributed by atoms with Crippen molar-refractivity contribution in [2.75, 3.05) is 39.6 Å². The molecule has 7 fully saturated rings. The maximum Gasteiger partial charge on any atom is 0.397 e. The first-order valence-electron chi connectivity index (χ1n) is 33.4. The molecule has 7 saturated heterocycles. The van der Waals surface area contributed by atoms with E-state index in [1.165, 1.54) is 41.0 Å². The van der Waals surface area contributed by atoms with Gasteiger partial charge in [-0.2, -0.15) is 50.5 Å². The van der Waals surface area contributed by atoms with Gasteiger partial charge in [0.1, 0.15) is 48.8 Å². The lowest BCUT2D eigenvalue weighted by Gasteiger charge is -2.49. The SMILES string of the molecule is CC1[CH][C@H](CO[C@@H]2OC(C)[C@@H](OOS(=O)O)[C@H](CO[C@@H]3OC(C)[C@@H](OOS(=O)O)[C@H](OS(=O)(=O)O)C3OOS(=O)O)C2CO[C@@H]2OC(C)[C@@H](OOS(=O)O)[C@H](CO[C@@H]3OC(C)[C@@H](OOS(=O)O)[C@H](CO[C@@H]4OC(C)[C@@H](SOOOO)[C@H](O)C4OOS(=O)O)C3OOS(=O)O)C2CO[C@@H]2OC(C)[C@@H](O)[C@H](OS(=O)(=O)O)C2O)C(OOS(=O)O)C(O)O1. The summed E-state index contributed by atoms with van der Waals surface area (Å²) in [4.78, 5) is 41.6. The van der Waals surface area contributed by atoms with Crippen LogP contribution in [0.5, 0.6) is 0 Å². The van der Waals surface area contributed by atoms with Gasteiger partial charge in [0.05, 0.1) is 87.6 Å². The molecule has 42 atom stereocenters. The molecule has 0 amide bonds. The number of aliphatic hydroxyl groups is 4. The van der Waals surface area contributed by atoms with Gasteiger partial charge < -0.3 is 82.0 Å². The van der Waals surface area contributed by atoms with Crippen LogP contribution in [0.15, 0.2) is 0 Å². The molecule has 7 aliphatic heterocycles. The second-order valence-corrected chi connectivity index (χ2v) is 33.2. The Morgan fingerprint density at radius 2 is 0.658 bits per heavy atom. The van der Waals surface area contributed by atoms with Crippen LogP contribution >= 0.6 is 12.0 Å². The molecule has 72 heteroatoms. The predicted molar refractivity (Wildman–Crippen MR) is 365 cm³/mol. The molecule has 707 valence electrons. The fraction of sp³-hybridized carbons (Fsp3) is 0.979. The summed E-state index contributed by atoms with van der Waals surface area (Å²) in [6.07, 6.45) is -51.2. The van der Waals surface area contributed by atoms with Crippen LogP contribution in [0.25, 0.3) is 0 Å². The first-order valence-corrected chi connectivity index (χ1v) is 45.2. The molecule has 0 aromatic carbocycles. The van der Waals surface area contributed by atoms with Gasteiger partial charge in [0.2, 0.25) is 0 Å². The lowest BCUT2D eigenvalue weighted by atomic mass is 9.82. The Morgan fingerprint density at radius 1 is 0.333 bits per heavy atom. The standard InChI is InChI=1S/C48H83O61S11/c1-15-8-22(35(42(52)82-15)93-106-115(62)63)9-76-43-25(24(31(17(3)84-43)89-102-111(54)55)11-80-48-40(96-109-118(68)69)39(98-120(73,74)75)34(20(6)87-48)92-105-114(60)61)12-77-44-26(13-78-45-30(51)37(97-119(70,71)72)28(49)16(2)83-45)23(32(18(4)85-44)90-103-112(56)57)10-79-46-36(94-107-116(64)65)27(33(19(5)86-46)91-104-113(58)59)14-81-47-38(95-108-117(66)67)29(50)41(21(7)88-47)110-101-100-99-53/h8,15-53H,9-14H2,1-7H3,(H,54,55)(H,56,57)(H,58,59)(H,60,61)(H,62,63)(H,64,65)(H,66,67)(H,68,69)(H,70,71,72)(H,73,74,75)/t15?,16?,17?,18?,19?,20?,21?,22-,23-,24-,25?,26?,27+,28-,29-,30?,31-,32-,33-,34-,35?,36?,37+,38?,39+,40?,41-,42?,43-,44-,45-,46-,47-,48-/m1/s1. The minimum atomic E-state index is -5.75. The molecule has 15 N–H and O–H groups in total. The van der Waals surface area contributed by atoms with Crippen LogP contribution in [-0.4, -0.2) is 333 Å². The van der Waals surface area contributed by atoms with Crippen molar-refractivity contribution in [1.29, 1.82) is 0 Å². The van der Waals surface area contributed by atoms with Crippen LogP contribution in [0.1, 0.15) is 48.5 Å². The van der Waals surface area contributed by atoms with Crippen molar-refractivity contribution in [3.8, 4) is 0 Å². The van der Waals surface area contributed by atoms with Gasteiger partial charge in [-0.1, -0.05) is 0 Å². The lowest BCUT2D eigenvalue weighted by Crippen LogP contribution is -2.62. The van der Waals surface area contributed by atoms with Crippen molar-refractivity contribution in [2.45, 2.75) is 220 Å². The van der Waals surface area contributed by atoms with E-state index in [0.29, 0.717) is 0 Å². The number of rotatable bonds is 50. The number of hydrogen-bond donors (Lipinski definition) is 15. The molecular weight excluding hydrogens is 1910 g/mol. The second kappa shape index (κ2) is 50.8. The average molecular weight is 1990 g/mol. The van der Waals surface area contributed by atoms with Gasteiger partial charge in [0, 0.05) is 47.6 Å². The van der Waals surface area contributed by atoms with Crippen molar-refractivity contribution in [1.82, 2.24) is 0 Å². The molecule has 23 unspecified atom stereocenters. The number of ether oxygens (including phenoxy) is 13. The monoisotopic (exact) mass is 1990 g/mol. The fourth-order valence-corrected chi connectivity index (χ4v) is 16.0. The van der Waals surface area contributed by atoms with Gasteiger partial charge in [0.25, 0.3) is 0 Å². The summed E-state index contributed by atoms with van der Waals surface area (Å²) >= 11 is -26.5. The quantitative estimate of drug-likeness (QED) is 0.00675. The van der Waals surface area contributed by atoms with Crippen LogP contribution < -0.4 is 0 Å².